The number of hydrogen-bond acceptors (Lipinski definition) is 3. The summed E-state index contributed by atoms with van der Waals surface area (Å²) in [6.07, 6.45) is 0.799. The Kier molecular flexibility index (Phi) is 5.40. The molecule has 0 heterocycles. The van der Waals surface area contributed by atoms with Crippen molar-refractivity contribution in [1.29, 1.82) is 0 Å². The monoisotopic (exact) mass is 204 g/mol. The van der Waals surface area contributed by atoms with Gasteiger partial charge in [-0.05, 0) is 19.2 Å². The first kappa shape index (κ1) is 12.8. The molecule has 0 aliphatic heterocycles. The van der Waals surface area contributed by atoms with Gasteiger partial charge in [0.05, 0.1) is 6.04 Å². The molecule has 1 amide bonds. The summed E-state index contributed by atoms with van der Waals surface area (Å²) in [6, 6.07) is -0.185. The van der Waals surface area contributed by atoms with Gasteiger partial charge in [0, 0.05) is 4.75 Å². The van der Waals surface area contributed by atoms with Crippen molar-refractivity contribution in [3.05, 3.63) is 0 Å². The molecule has 4 heteroatoms. The molecule has 0 rings (SSSR count). The Morgan fingerprint density at radius 2 is 2.08 bits per heavy atom. The number of amides is 1. The minimum Gasteiger partial charge on any atom is -0.368 e. The van der Waals surface area contributed by atoms with Crippen LogP contribution in [0.25, 0.3) is 0 Å². The lowest BCUT2D eigenvalue weighted by atomic mass is 10.2. The highest BCUT2D eigenvalue weighted by Gasteiger charge is 2.15. The average Bonchev–Trinajstić information content (AvgIpc) is 1.95. The highest BCUT2D eigenvalue weighted by molar-refractivity contribution is 8.00. The number of rotatable bonds is 5. The molecule has 0 aromatic heterocycles. The maximum Gasteiger partial charge on any atom is 0.234 e. The summed E-state index contributed by atoms with van der Waals surface area (Å²) in [5.74, 6) is 0.690. The second-order valence-electron chi connectivity index (χ2n) is 3.99. The van der Waals surface area contributed by atoms with Gasteiger partial charge in [-0.3, -0.25) is 4.79 Å². The van der Waals surface area contributed by atoms with Gasteiger partial charge in [-0.15, -0.1) is 0 Å². The van der Waals surface area contributed by atoms with Crippen LogP contribution in [-0.2, 0) is 4.79 Å². The molecule has 13 heavy (non-hydrogen) atoms. The fourth-order valence-electron chi connectivity index (χ4n) is 0.912. The van der Waals surface area contributed by atoms with Crippen molar-refractivity contribution >= 4 is 17.7 Å². The Morgan fingerprint density at radius 3 is 2.38 bits per heavy atom. The van der Waals surface area contributed by atoms with E-state index < -0.39 is 0 Å². The van der Waals surface area contributed by atoms with Crippen LogP contribution in [-0.4, -0.2) is 29.5 Å². The van der Waals surface area contributed by atoms with E-state index in [0.717, 1.165) is 12.2 Å². The zero-order valence-corrected chi connectivity index (χ0v) is 9.70. The van der Waals surface area contributed by atoms with Crippen LogP contribution in [0.4, 0.5) is 0 Å². The normalized spacial score (nSPS) is 14.2. The maximum atomic E-state index is 10.8. The van der Waals surface area contributed by atoms with E-state index in [4.69, 9.17) is 5.73 Å². The third-order valence-corrected chi connectivity index (χ3v) is 2.94. The van der Waals surface area contributed by atoms with E-state index in [1.165, 1.54) is 0 Å². The van der Waals surface area contributed by atoms with Crippen molar-refractivity contribution < 1.29 is 4.79 Å². The molecule has 3 N–H and O–H groups in total. The van der Waals surface area contributed by atoms with Crippen molar-refractivity contribution in [2.75, 3.05) is 12.8 Å². The molecular formula is C9H20N2OS. The highest BCUT2D eigenvalue weighted by atomic mass is 32.2. The smallest absolute Gasteiger partial charge is 0.234 e. The van der Waals surface area contributed by atoms with Gasteiger partial charge in [-0.25, -0.2) is 0 Å². The second kappa shape index (κ2) is 5.50. The summed E-state index contributed by atoms with van der Waals surface area (Å²) in [5.41, 5.74) is 5.19. The standard InChI is InChI=1S/C9H20N2OS/c1-9(2,3)13-6-5-7(11-4)8(10)12/h7,11H,5-6H2,1-4H3,(H2,10,12). The summed E-state index contributed by atoms with van der Waals surface area (Å²) in [6.45, 7) is 6.49. The SMILES string of the molecule is CNC(CCSC(C)(C)C)C(N)=O. The third-order valence-electron chi connectivity index (χ3n) is 1.63. The molecule has 0 fully saturated rings. The van der Waals surface area contributed by atoms with Crippen molar-refractivity contribution in [1.82, 2.24) is 5.32 Å². The van der Waals surface area contributed by atoms with Gasteiger partial charge in [0.1, 0.15) is 0 Å². The zero-order chi connectivity index (χ0) is 10.5. The van der Waals surface area contributed by atoms with Gasteiger partial charge >= 0.3 is 0 Å². The van der Waals surface area contributed by atoms with Crippen molar-refractivity contribution in [2.24, 2.45) is 5.73 Å². The maximum absolute atomic E-state index is 10.8. The molecule has 0 aromatic carbocycles. The van der Waals surface area contributed by atoms with E-state index in [2.05, 4.69) is 26.1 Å². The van der Waals surface area contributed by atoms with Gasteiger partial charge in [0.25, 0.3) is 0 Å². The van der Waals surface area contributed by atoms with Crippen molar-refractivity contribution in [2.45, 2.75) is 38.0 Å². The van der Waals surface area contributed by atoms with Crippen molar-refractivity contribution in [3.8, 4) is 0 Å². The van der Waals surface area contributed by atoms with E-state index in [-0.39, 0.29) is 16.7 Å². The summed E-state index contributed by atoms with van der Waals surface area (Å²) in [5, 5.41) is 2.90. The number of nitrogens with one attached hydrogen (secondary N) is 1. The predicted molar refractivity (Wildman–Crippen MR) is 58.9 cm³/mol. The third kappa shape index (κ3) is 6.90. The van der Waals surface area contributed by atoms with Gasteiger partial charge in [-0.2, -0.15) is 11.8 Å². The van der Waals surface area contributed by atoms with E-state index in [0.29, 0.717) is 0 Å². The van der Waals surface area contributed by atoms with E-state index in [1.54, 1.807) is 7.05 Å². The number of hydrogen-bond donors (Lipinski definition) is 2. The minimum atomic E-state index is -0.267. The van der Waals surface area contributed by atoms with Crippen LogP contribution in [0.1, 0.15) is 27.2 Å². The first-order valence-electron chi connectivity index (χ1n) is 4.47. The molecule has 0 saturated carbocycles. The molecule has 0 aliphatic carbocycles. The minimum absolute atomic E-state index is 0.185. The van der Waals surface area contributed by atoms with Crippen LogP contribution in [0.5, 0.6) is 0 Å². The lowest BCUT2D eigenvalue weighted by Crippen LogP contribution is -2.39. The fourth-order valence-corrected chi connectivity index (χ4v) is 1.88. The van der Waals surface area contributed by atoms with Crippen LogP contribution in [0, 0.1) is 0 Å². The highest BCUT2D eigenvalue weighted by Crippen LogP contribution is 2.23. The first-order chi connectivity index (χ1) is 5.87. The summed E-state index contributed by atoms with van der Waals surface area (Å²) >= 11 is 1.85. The van der Waals surface area contributed by atoms with E-state index >= 15 is 0 Å². The number of nitrogens with two attached hydrogens (primary N) is 1. The fraction of sp³-hybridized carbons (Fsp3) is 0.889. The van der Waals surface area contributed by atoms with Crippen LogP contribution in [0.15, 0.2) is 0 Å². The number of carbonyl (C=O) groups is 1. The lowest BCUT2D eigenvalue weighted by Gasteiger charge is -2.19. The molecule has 78 valence electrons. The molecule has 0 spiro atoms. The van der Waals surface area contributed by atoms with Gasteiger partial charge < -0.3 is 11.1 Å². The quantitative estimate of drug-likeness (QED) is 0.702. The van der Waals surface area contributed by atoms with Crippen LogP contribution in [0.2, 0.25) is 0 Å². The summed E-state index contributed by atoms with van der Waals surface area (Å²) in [7, 11) is 1.76. The van der Waals surface area contributed by atoms with Gasteiger partial charge in [0.2, 0.25) is 5.91 Å². The van der Waals surface area contributed by atoms with E-state index in [9.17, 15) is 4.79 Å². The molecule has 3 nitrogen and oxygen atoms in total. The first-order valence-corrected chi connectivity index (χ1v) is 5.46. The molecule has 0 radical (unpaired) electrons. The van der Waals surface area contributed by atoms with Crippen LogP contribution in [0.3, 0.4) is 0 Å². The Hall–Kier alpha value is -0.220. The topological polar surface area (TPSA) is 55.1 Å². The number of likely N-dealkylation sites (N-methyl/N-ethyl adjacent to an activating group) is 1. The Bertz CT molecular complexity index is 165. The molecule has 1 atom stereocenters. The molecule has 0 saturated heterocycles. The Labute approximate surface area is 84.8 Å². The van der Waals surface area contributed by atoms with Crippen molar-refractivity contribution in [3.63, 3.8) is 0 Å². The molecule has 0 bridgehead atoms. The van der Waals surface area contributed by atoms with Gasteiger partial charge in [-0.1, -0.05) is 20.8 Å². The average molecular weight is 204 g/mol. The number of carbonyl (C=O) groups excluding carboxylic acids is 1. The largest absolute Gasteiger partial charge is 0.368 e. The van der Waals surface area contributed by atoms with E-state index in [1.807, 2.05) is 11.8 Å². The molecule has 1 unspecified atom stereocenters. The predicted octanol–water partition coefficient (Wildman–Crippen LogP) is 0.981. The summed E-state index contributed by atoms with van der Waals surface area (Å²) in [4.78, 5) is 10.8. The van der Waals surface area contributed by atoms with Gasteiger partial charge in [0.15, 0.2) is 0 Å². The summed E-state index contributed by atoms with van der Waals surface area (Å²) < 4.78 is 0.260. The number of primary amides is 1. The van der Waals surface area contributed by atoms with Crippen LogP contribution >= 0.6 is 11.8 Å². The molecule has 0 aromatic rings. The second-order valence-corrected chi connectivity index (χ2v) is 5.91. The van der Waals surface area contributed by atoms with Crippen LogP contribution < -0.4 is 11.1 Å². The molecular weight excluding hydrogens is 184 g/mol. The molecule has 0 aliphatic rings. The Morgan fingerprint density at radius 1 is 1.54 bits per heavy atom. The lowest BCUT2D eigenvalue weighted by molar-refractivity contribution is -0.119. The number of thioether (sulfide) groups is 1. The Balaban J connectivity index is 3.68. The zero-order valence-electron chi connectivity index (χ0n) is 8.89.